The van der Waals surface area contributed by atoms with E-state index >= 15 is 0 Å². The number of fused-ring (bicyclic) bond motifs is 1. The van der Waals surface area contributed by atoms with Gasteiger partial charge in [-0.25, -0.2) is 4.79 Å². The Bertz CT molecular complexity index is 1000. The summed E-state index contributed by atoms with van der Waals surface area (Å²) in [4.78, 5) is 27.0. The van der Waals surface area contributed by atoms with Crippen LogP contribution in [0.25, 0.3) is 11.0 Å². The zero-order valence-electron chi connectivity index (χ0n) is 16.7. The third-order valence-electron chi connectivity index (χ3n) is 4.87. The van der Waals surface area contributed by atoms with Gasteiger partial charge in [0, 0.05) is 33.1 Å². The van der Waals surface area contributed by atoms with Gasteiger partial charge in [0.2, 0.25) is 5.91 Å². The van der Waals surface area contributed by atoms with Gasteiger partial charge in [-0.1, -0.05) is 24.3 Å². The highest BCUT2D eigenvalue weighted by Crippen LogP contribution is 2.15. The van der Waals surface area contributed by atoms with E-state index in [9.17, 15) is 9.59 Å². The second kappa shape index (κ2) is 8.78. The molecule has 6 heteroatoms. The summed E-state index contributed by atoms with van der Waals surface area (Å²) in [5, 5.41) is 0. The predicted molar refractivity (Wildman–Crippen MR) is 111 cm³/mol. The first-order valence-electron chi connectivity index (χ1n) is 9.69. The summed E-state index contributed by atoms with van der Waals surface area (Å²) in [7, 11) is 1.79. The molecule has 1 aromatic heterocycles. The number of hydrogen-bond donors (Lipinski definition) is 0. The molecule has 148 valence electrons. The molecule has 2 aromatic carbocycles. The van der Waals surface area contributed by atoms with Gasteiger partial charge in [-0.2, -0.15) is 0 Å². The zero-order valence-corrected chi connectivity index (χ0v) is 16.7. The number of rotatable bonds is 8. The van der Waals surface area contributed by atoms with Gasteiger partial charge in [-0.05, 0) is 43.7 Å². The molecule has 0 saturated heterocycles. The Morgan fingerprint density at radius 3 is 2.25 bits per heavy atom. The van der Waals surface area contributed by atoms with Crippen molar-refractivity contribution in [3.8, 4) is 5.75 Å². The highest BCUT2D eigenvalue weighted by atomic mass is 16.5. The fraction of sp³-hybridized carbons (Fsp3) is 0.364. The number of amides is 1. The summed E-state index contributed by atoms with van der Waals surface area (Å²) in [5.74, 6) is 0.834. The molecule has 0 aliphatic carbocycles. The number of aromatic nitrogens is 2. The third-order valence-corrected chi connectivity index (χ3v) is 4.87. The first-order chi connectivity index (χ1) is 13.5. The highest BCUT2D eigenvalue weighted by molar-refractivity contribution is 5.78. The summed E-state index contributed by atoms with van der Waals surface area (Å²) in [6.07, 6.45) is 0.283. The monoisotopic (exact) mass is 381 g/mol. The second-order valence-electron chi connectivity index (χ2n) is 6.74. The van der Waals surface area contributed by atoms with E-state index in [-0.39, 0.29) is 18.0 Å². The number of para-hydroxylation sites is 2. The molecular weight excluding hydrogens is 354 g/mol. The van der Waals surface area contributed by atoms with Crippen molar-refractivity contribution in [3.63, 3.8) is 0 Å². The van der Waals surface area contributed by atoms with E-state index in [1.807, 2.05) is 62.4 Å². The minimum atomic E-state index is -0.0642. The number of nitrogens with zero attached hydrogens (tertiary/aromatic N) is 3. The van der Waals surface area contributed by atoms with E-state index in [1.165, 1.54) is 0 Å². The smallest absolute Gasteiger partial charge is 0.329 e. The molecule has 0 N–H and O–H groups in total. The van der Waals surface area contributed by atoms with Crippen molar-refractivity contribution in [2.45, 2.75) is 39.9 Å². The van der Waals surface area contributed by atoms with Crippen molar-refractivity contribution >= 4 is 16.9 Å². The minimum absolute atomic E-state index is 0.00844. The van der Waals surface area contributed by atoms with Crippen LogP contribution in [0.1, 0.15) is 25.8 Å². The standard InChI is InChI=1S/C22H27N3O3/c1-4-24-19-8-6-7-9-20(19)25(22(24)27)15-14-21(26)23(3)16-17-10-12-18(13-11-17)28-5-2/h6-13H,4-5,14-16H2,1-3H3. The fourth-order valence-electron chi connectivity index (χ4n) is 3.41. The van der Waals surface area contributed by atoms with E-state index < -0.39 is 0 Å². The Balaban J connectivity index is 1.66. The Hall–Kier alpha value is -3.02. The highest BCUT2D eigenvalue weighted by Gasteiger charge is 2.14. The maximum Gasteiger partial charge on any atom is 0.329 e. The van der Waals surface area contributed by atoms with Gasteiger partial charge in [0.15, 0.2) is 0 Å². The SMILES string of the molecule is CCOc1ccc(CN(C)C(=O)CCn2c(=O)n(CC)c3ccccc32)cc1. The Morgan fingerprint density at radius 1 is 1.00 bits per heavy atom. The van der Waals surface area contributed by atoms with Gasteiger partial charge < -0.3 is 9.64 Å². The van der Waals surface area contributed by atoms with Crippen LogP contribution in [0.3, 0.4) is 0 Å². The molecule has 28 heavy (non-hydrogen) atoms. The summed E-state index contributed by atoms with van der Waals surface area (Å²) in [6.45, 7) is 6.04. The lowest BCUT2D eigenvalue weighted by Crippen LogP contribution is -2.29. The lowest BCUT2D eigenvalue weighted by molar-refractivity contribution is -0.130. The molecule has 0 aliphatic rings. The summed E-state index contributed by atoms with van der Waals surface area (Å²) < 4.78 is 8.88. The topological polar surface area (TPSA) is 56.5 Å². The van der Waals surface area contributed by atoms with Gasteiger partial charge in [0.25, 0.3) is 0 Å². The van der Waals surface area contributed by atoms with Crippen LogP contribution in [0.15, 0.2) is 53.3 Å². The lowest BCUT2D eigenvalue weighted by Gasteiger charge is -2.17. The summed E-state index contributed by atoms with van der Waals surface area (Å²) in [5.41, 5.74) is 2.76. The molecule has 3 rings (SSSR count). The third kappa shape index (κ3) is 4.11. The van der Waals surface area contributed by atoms with Crippen molar-refractivity contribution in [3.05, 3.63) is 64.6 Å². The zero-order chi connectivity index (χ0) is 20.1. The van der Waals surface area contributed by atoms with Crippen LogP contribution in [0.4, 0.5) is 0 Å². The van der Waals surface area contributed by atoms with Crippen LogP contribution >= 0.6 is 0 Å². The maximum atomic E-state index is 12.7. The fourth-order valence-corrected chi connectivity index (χ4v) is 3.41. The molecule has 0 radical (unpaired) electrons. The molecule has 0 spiro atoms. The molecule has 1 amide bonds. The first kappa shape index (κ1) is 19.7. The number of carbonyl (C=O) groups excluding carboxylic acids is 1. The molecule has 0 fully saturated rings. The summed E-state index contributed by atoms with van der Waals surface area (Å²) >= 11 is 0. The average molecular weight is 381 g/mol. The van der Waals surface area contributed by atoms with Crippen molar-refractivity contribution < 1.29 is 9.53 Å². The van der Waals surface area contributed by atoms with Gasteiger partial charge in [0.05, 0.1) is 17.6 Å². The van der Waals surface area contributed by atoms with E-state index in [0.717, 1.165) is 22.3 Å². The molecular formula is C22H27N3O3. The summed E-state index contributed by atoms with van der Waals surface area (Å²) in [6, 6.07) is 15.5. The van der Waals surface area contributed by atoms with Crippen molar-refractivity contribution in [1.29, 1.82) is 0 Å². The molecule has 3 aromatic rings. The molecule has 0 unspecified atom stereocenters. The Labute approximate surface area is 164 Å². The number of benzene rings is 2. The molecule has 6 nitrogen and oxygen atoms in total. The van der Waals surface area contributed by atoms with Crippen molar-refractivity contribution in [2.24, 2.45) is 0 Å². The second-order valence-corrected chi connectivity index (χ2v) is 6.74. The predicted octanol–water partition coefficient (Wildman–Crippen LogP) is 3.27. The lowest BCUT2D eigenvalue weighted by atomic mass is 10.2. The van der Waals surface area contributed by atoms with Crippen LogP contribution in [0.2, 0.25) is 0 Å². The average Bonchev–Trinajstić information content (AvgIpc) is 2.98. The van der Waals surface area contributed by atoms with E-state index in [1.54, 1.807) is 21.1 Å². The normalized spacial score (nSPS) is 11.0. The van der Waals surface area contributed by atoms with E-state index in [0.29, 0.717) is 26.2 Å². The number of ether oxygens (including phenoxy) is 1. The maximum absolute atomic E-state index is 12.7. The van der Waals surface area contributed by atoms with Crippen LogP contribution < -0.4 is 10.4 Å². The number of hydrogen-bond acceptors (Lipinski definition) is 3. The molecule has 0 saturated carbocycles. The van der Waals surface area contributed by atoms with Crippen LogP contribution in [-0.4, -0.2) is 33.6 Å². The first-order valence-corrected chi connectivity index (χ1v) is 9.69. The number of aryl methyl sites for hydroxylation is 2. The molecule has 0 atom stereocenters. The van der Waals surface area contributed by atoms with Crippen molar-refractivity contribution in [1.82, 2.24) is 14.0 Å². The minimum Gasteiger partial charge on any atom is -0.494 e. The Morgan fingerprint density at radius 2 is 1.64 bits per heavy atom. The van der Waals surface area contributed by atoms with Gasteiger partial charge >= 0.3 is 5.69 Å². The molecule has 0 bridgehead atoms. The number of carbonyl (C=O) groups is 1. The van der Waals surface area contributed by atoms with Crippen LogP contribution in [-0.2, 0) is 24.4 Å². The molecule has 1 heterocycles. The van der Waals surface area contributed by atoms with Gasteiger partial charge in [0.1, 0.15) is 5.75 Å². The van der Waals surface area contributed by atoms with Crippen LogP contribution in [0.5, 0.6) is 5.75 Å². The largest absolute Gasteiger partial charge is 0.494 e. The quantitative estimate of drug-likeness (QED) is 0.602. The van der Waals surface area contributed by atoms with Gasteiger partial charge in [-0.15, -0.1) is 0 Å². The van der Waals surface area contributed by atoms with Crippen LogP contribution in [0, 0.1) is 0 Å². The van der Waals surface area contributed by atoms with E-state index in [4.69, 9.17) is 4.74 Å². The van der Waals surface area contributed by atoms with E-state index in [2.05, 4.69) is 0 Å². The van der Waals surface area contributed by atoms with Crippen molar-refractivity contribution in [2.75, 3.05) is 13.7 Å². The molecule has 0 aliphatic heterocycles. The Kier molecular flexibility index (Phi) is 6.19. The number of imidazole rings is 1. The van der Waals surface area contributed by atoms with Gasteiger partial charge in [-0.3, -0.25) is 13.9 Å².